The van der Waals surface area contributed by atoms with E-state index in [4.69, 9.17) is 21.1 Å². The molecule has 9 heteroatoms. The Hall–Kier alpha value is -2.42. The van der Waals surface area contributed by atoms with E-state index in [0.29, 0.717) is 45.5 Å². The van der Waals surface area contributed by atoms with Gasteiger partial charge in [0.2, 0.25) is 0 Å². The molecule has 3 aromatic rings. The first kappa shape index (κ1) is 21.8. The monoisotopic (exact) mass is 462 g/mol. The van der Waals surface area contributed by atoms with Crippen molar-refractivity contribution in [2.45, 2.75) is 36.4 Å². The predicted octanol–water partition coefficient (Wildman–Crippen LogP) is 4.45. The lowest BCUT2D eigenvalue weighted by Gasteiger charge is -2.17. The number of benzene rings is 2. The largest absolute Gasteiger partial charge is 0.465 e. The molecule has 1 saturated heterocycles. The maximum absolute atomic E-state index is 13.4. The summed E-state index contributed by atoms with van der Waals surface area (Å²) in [4.78, 5) is 29.8. The van der Waals surface area contributed by atoms with Gasteiger partial charge in [-0.15, -0.1) is 0 Å². The van der Waals surface area contributed by atoms with E-state index in [0.717, 1.165) is 18.4 Å². The molecule has 0 amide bonds. The minimum atomic E-state index is -0.500. The van der Waals surface area contributed by atoms with Crippen LogP contribution in [0.15, 0.2) is 46.3 Å². The Morgan fingerprint density at radius 3 is 2.90 bits per heavy atom. The molecular formula is C22H20ClFN2O4S. The summed E-state index contributed by atoms with van der Waals surface area (Å²) in [5.41, 5.74) is 1.25. The molecule has 31 heavy (non-hydrogen) atoms. The zero-order chi connectivity index (χ0) is 22.0. The van der Waals surface area contributed by atoms with Gasteiger partial charge in [-0.25, -0.2) is 14.2 Å². The second-order valence-corrected chi connectivity index (χ2v) is 8.54. The third-order valence-electron chi connectivity index (χ3n) is 5.12. The molecule has 0 aliphatic carbocycles. The fraction of sp³-hybridized carbons (Fsp3) is 0.318. The molecule has 0 radical (unpaired) electrons. The normalized spacial score (nSPS) is 16.0. The van der Waals surface area contributed by atoms with Crippen LogP contribution in [-0.2, 0) is 21.8 Å². The Labute approximate surface area is 187 Å². The van der Waals surface area contributed by atoms with Crippen LogP contribution in [-0.4, -0.2) is 35.3 Å². The number of nitrogens with zero attached hydrogens (tertiary/aromatic N) is 2. The van der Waals surface area contributed by atoms with Crippen molar-refractivity contribution < 1.29 is 18.7 Å². The molecule has 1 aliphatic heterocycles. The minimum absolute atomic E-state index is 0.0555. The molecule has 162 valence electrons. The number of ether oxygens (including phenoxy) is 2. The molecule has 6 nitrogen and oxygen atoms in total. The van der Waals surface area contributed by atoms with Crippen molar-refractivity contribution in [3.8, 4) is 0 Å². The van der Waals surface area contributed by atoms with E-state index in [1.165, 1.54) is 31.0 Å². The van der Waals surface area contributed by atoms with Gasteiger partial charge in [0, 0.05) is 17.4 Å². The van der Waals surface area contributed by atoms with Crippen LogP contribution in [0.4, 0.5) is 4.39 Å². The predicted molar refractivity (Wildman–Crippen MR) is 117 cm³/mol. The van der Waals surface area contributed by atoms with E-state index in [9.17, 15) is 14.0 Å². The molecule has 0 unspecified atom stereocenters. The molecule has 1 aliphatic rings. The molecule has 1 aromatic heterocycles. The number of carbonyl (C=O) groups is 1. The van der Waals surface area contributed by atoms with E-state index >= 15 is 0 Å². The topological polar surface area (TPSA) is 70.4 Å². The fourth-order valence-electron chi connectivity index (χ4n) is 3.49. The second-order valence-electron chi connectivity index (χ2n) is 7.19. The van der Waals surface area contributed by atoms with Crippen LogP contribution in [0.5, 0.6) is 0 Å². The summed E-state index contributed by atoms with van der Waals surface area (Å²) in [6.45, 7) is 1.07. The van der Waals surface area contributed by atoms with Crippen molar-refractivity contribution >= 4 is 40.2 Å². The molecule has 2 aromatic carbocycles. The van der Waals surface area contributed by atoms with Crippen LogP contribution in [0.2, 0.25) is 5.02 Å². The Morgan fingerprint density at radius 1 is 1.35 bits per heavy atom. The average Bonchev–Trinajstić information content (AvgIpc) is 3.28. The summed E-state index contributed by atoms with van der Waals surface area (Å²) >= 11 is 7.48. The number of hydrogen-bond donors (Lipinski definition) is 0. The van der Waals surface area contributed by atoms with Crippen molar-refractivity contribution in [1.82, 2.24) is 9.55 Å². The van der Waals surface area contributed by atoms with Gasteiger partial charge < -0.3 is 9.47 Å². The number of aromatic nitrogens is 2. The van der Waals surface area contributed by atoms with E-state index in [1.54, 1.807) is 28.8 Å². The number of thioether (sulfide) groups is 1. The van der Waals surface area contributed by atoms with Crippen molar-refractivity contribution in [2.75, 3.05) is 13.7 Å². The Morgan fingerprint density at radius 2 is 2.19 bits per heavy atom. The number of esters is 1. The molecule has 0 bridgehead atoms. The molecular weight excluding hydrogens is 443 g/mol. The summed E-state index contributed by atoms with van der Waals surface area (Å²) < 4.78 is 25.5. The molecule has 2 heterocycles. The highest BCUT2D eigenvalue weighted by Gasteiger charge is 2.21. The Bertz CT molecular complexity index is 1190. The van der Waals surface area contributed by atoms with Gasteiger partial charge >= 0.3 is 5.97 Å². The maximum Gasteiger partial charge on any atom is 0.337 e. The number of halogens is 2. The molecule has 4 rings (SSSR count). The van der Waals surface area contributed by atoms with E-state index < -0.39 is 11.8 Å². The van der Waals surface area contributed by atoms with Gasteiger partial charge in [-0.3, -0.25) is 9.36 Å². The third kappa shape index (κ3) is 4.76. The van der Waals surface area contributed by atoms with Crippen molar-refractivity contribution in [1.29, 1.82) is 0 Å². The molecule has 0 N–H and O–H groups in total. The van der Waals surface area contributed by atoms with Gasteiger partial charge in [0.05, 0.1) is 36.2 Å². The Balaban J connectivity index is 1.74. The highest BCUT2D eigenvalue weighted by atomic mass is 35.5. The number of rotatable bonds is 6. The van der Waals surface area contributed by atoms with Crippen LogP contribution in [0.1, 0.15) is 28.8 Å². The van der Waals surface area contributed by atoms with Crippen LogP contribution in [0.3, 0.4) is 0 Å². The number of carbonyl (C=O) groups excluding carboxylic acids is 1. The minimum Gasteiger partial charge on any atom is -0.465 e. The lowest BCUT2D eigenvalue weighted by molar-refractivity contribution is 0.0601. The zero-order valence-corrected chi connectivity index (χ0v) is 18.3. The zero-order valence-electron chi connectivity index (χ0n) is 16.8. The molecule has 0 saturated carbocycles. The van der Waals surface area contributed by atoms with Gasteiger partial charge in [0.15, 0.2) is 5.16 Å². The second kappa shape index (κ2) is 9.38. The summed E-state index contributed by atoms with van der Waals surface area (Å²) in [7, 11) is 1.30. The highest BCUT2D eigenvalue weighted by molar-refractivity contribution is 7.98. The lowest BCUT2D eigenvalue weighted by Crippen LogP contribution is -2.29. The SMILES string of the molecule is COC(=O)c1ccc2c(=O)n(C[C@@H]3CCCO3)c(SCc3ccc(F)cc3Cl)nc2c1. The fourth-order valence-corrected chi connectivity index (χ4v) is 4.82. The summed E-state index contributed by atoms with van der Waals surface area (Å²) in [5, 5.41) is 1.21. The van der Waals surface area contributed by atoms with Crippen LogP contribution >= 0.6 is 23.4 Å². The highest BCUT2D eigenvalue weighted by Crippen LogP contribution is 2.28. The van der Waals surface area contributed by atoms with Gasteiger partial charge in [-0.2, -0.15) is 0 Å². The summed E-state index contributed by atoms with van der Waals surface area (Å²) in [6.07, 6.45) is 1.77. The molecule has 1 fully saturated rings. The van der Waals surface area contributed by atoms with Gasteiger partial charge in [0.1, 0.15) is 5.82 Å². The van der Waals surface area contributed by atoms with Crippen LogP contribution < -0.4 is 5.56 Å². The van der Waals surface area contributed by atoms with Gasteiger partial charge in [-0.1, -0.05) is 29.4 Å². The van der Waals surface area contributed by atoms with Crippen molar-refractivity contribution in [2.24, 2.45) is 0 Å². The number of hydrogen-bond acceptors (Lipinski definition) is 6. The number of fused-ring (bicyclic) bond motifs is 1. The van der Waals surface area contributed by atoms with E-state index in [1.807, 2.05) is 0 Å². The van der Waals surface area contributed by atoms with Gasteiger partial charge in [0.25, 0.3) is 5.56 Å². The maximum atomic E-state index is 13.4. The van der Waals surface area contributed by atoms with Crippen LogP contribution in [0, 0.1) is 5.82 Å². The first-order chi connectivity index (χ1) is 15.0. The van der Waals surface area contributed by atoms with Crippen molar-refractivity contribution in [3.63, 3.8) is 0 Å². The summed E-state index contributed by atoms with van der Waals surface area (Å²) in [5.74, 6) is -0.507. The smallest absolute Gasteiger partial charge is 0.337 e. The summed E-state index contributed by atoms with van der Waals surface area (Å²) in [6, 6.07) is 8.91. The quantitative estimate of drug-likeness (QED) is 0.306. The van der Waals surface area contributed by atoms with E-state index in [-0.39, 0.29) is 11.7 Å². The van der Waals surface area contributed by atoms with Crippen molar-refractivity contribution in [3.05, 3.63) is 68.7 Å². The van der Waals surface area contributed by atoms with E-state index in [2.05, 4.69) is 4.98 Å². The lowest BCUT2D eigenvalue weighted by atomic mass is 10.1. The molecule has 1 atom stereocenters. The standard InChI is InChI=1S/C22H20ClFN2O4S/c1-29-21(28)13-5-7-17-19(9-13)25-22(26(20(17)27)11-16-3-2-8-30-16)31-12-14-4-6-15(24)10-18(14)23/h4-7,9-10,16H,2-3,8,11-12H2,1H3/t16-/m0/s1. The first-order valence-corrected chi connectivity index (χ1v) is 11.1. The number of methoxy groups -OCH3 is 1. The third-order valence-corrected chi connectivity index (χ3v) is 6.50. The Kier molecular flexibility index (Phi) is 6.60. The average molecular weight is 463 g/mol. The first-order valence-electron chi connectivity index (χ1n) is 9.77. The molecule has 0 spiro atoms. The van der Waals surface area contributed by atoms with Crippen LogP contribution in [0.25, 0.3) is 10.9 Å². The van der Waals surface area contributed by atoms with Gasteiger partial charge in [-0.05, 0) is 48.7 Å².